The summed E-state index contributed by atoms with van der Waals surface area (Å²) in [6.07, 6.45) is 1.90. The zero-order valence-corrected chi connectivity index (χ0v) is 14.6. The van der Waals surface area contributed by atoms with Gasteiger partial charge in [-0.2, -0.15) is 0 Å². The fourth-order valence-corrected chi connectivity index (χ4v) is 3.34. The summed E-state index contributed by atoms with van der Waals surface area (Å²) in [5.41, 5.74) is 0.882. The van der Waals surface area contributed by atoms with E-state index in [-0.39, 0.29) is 30.3 Å². The lowest BCUT2D eigenvalue weighted by atomic mass is 10.1. The summed E-state index contributed by atoms with van der Waals surface area (Å²) in [7, 11) is 2.08. The molecule has 0 radical (unpaired) electrons. The Morgan fingerprint density at radius 1 is 1.12 bits per heavy atom. The number of hydrogen-bond acceptors (Lipinski definition) is 3. The Morgan fingerprint density at radius 3 is 2.44 bits per heavy atom. The number of nitrogens with zero attached hydrogens (tertiary/aromatic N) is 3. The number of piperidine rings is 1. The predicted octanol–water partition coefficient (Wildman–Crippen LogP) is 1.27. The second kappa shape index (κ2) is 7.82. The summed E-state index contributed by atoms with van der Waals surface area (Å²) in [5.74, 6) is -0.379. The molecule has 6 nitrogen and oxygen atoms in total. The molecule has 0 unspecified atom stereocenters. The van der Waals surface area contributed by atoms with Crippen LogP contribution in [0.15, 0.2) is 24.3 Å². The van der Waals surface area contributed by atoms with Gasteiger partial charge < -0.3 is 20.0 Å². The van der Waals surface area contributed by atoms with Crippen LogP contribution in [-0.4, -0.2) is 72.5 Å². The number of benzene rings is 1. The van der Waals surface area contributed by atoms with Crippen molar-refractivity contribution in [1.82, 2.24) is 20.0 Å². The third-order valence-corrected chi connectivity index (χ3v) is 4.89. The van der Waals surface area contributed by atoms with Crippen LogP contribution in [0.1, 0.15) is 18.4 Å². The Labute approximate surface area is 147 Å². The van der Waals surface area contributed by atoms with Gasteiger partial charge in [-0.25, -0.2) is 9.18 Å². The molecular formula is C18H25FN4O2. The summed E-state index contributed by atoms with van der Waals surface area (Å²) < 4.78 is 13.0. The minimum absolute atomic E-state index is 0.0912. The minimum Gasteiger partial charge on any atom is -0.352 e. The first kappa shape index (κ1) is 17.7. The smallest absolute Gasteiger partial charge is 0.320 e. The van der Waals surface area contributed by atoms with E-state index >= 15 is 0 Å². The van der Waals surface area contributed by atoms with Gasteiger partial charge in [-0.15, -0.1) is 0 Å². The van der Waals surface area contributed by atoms with Crippen LogP contribution in [0.3, 0.4) is 0 Å². The van der Waals surface area contributed by atoms with E-state index in [9.17, 15) is 14.0 Å². The van der Waals surface area contributed by atoms with Crippen molar-refractivity contribution >= 4 is 11.9 Å². The van der Waals surface area contributed by atoms with Gasteiger partial charge in [0.15, 0.2) is 0 Å². The fourth-order valence-electron chi connectivity index (χ4n) is 3.34. The van der Waals surface area contributed by atoms with E-state index in [1.54, 1.807) is 21.9 Å². The molecule has 2 fully saturated rings. The quantitative estimate of drug-likeness (QED) is 0.872. The van der Waals surface area contributed by atoms with Crippen molar-refractivity contribution in [2.45, 2.75) is 25.4 Å². The first-order valence-electron chi connectivity index (χ1n) is 8.77. The van der Waals surface area contributed by atoms with Gasteiger partial charge in [0.25, 0.3) is 0 Å². The molecule has 1 aromatic rings. The van der Waals surface area contributed by atoms with Gasteiger partial charge in [-0.3, -0.25) is 4.79 Å². The third-order valence-electron chi connectivity index (χ3n) is 4.89. The zero-order chi connectivity index (χ0) is 17.8. The SMILES string of the molecule is CN1CCC(NC(=O)CN2CCN(Cc3ccc(F)cc3)C2=O)CC1. The molecule has 3 rings (SSSR count). The number of carbonyl (C=O) groups is 2. The van der Waals surface area contributed by atoms with Crippen LogP contribution in [0.25, 0.3) is 0 Å². The van der Waals surface area contributed by atoms with E-state index in [2.05, 4.69) is 17.3 Å². The Hall–Kier alpha value is -2.15. The molecule has 1 N–H and O–H groups in total. The molecule has 1 aromatic carbocycles. The first-order valence-corrected chi connectivity index (χ1v) is 8.77. The third kappa shape index (κ3) is 4.69. The largest absolute Gasteiger partial charge is 0.352 e. The highest BCUT2D eigenvalue weighted by Crippen LogP contribution is 2.14. The van der Waals surface area contributed by atoms with E-state index in [0.29, 0.717) is 19.6 Å². The van der Waals surface area contributed by atoms with Crippen molar-refractivity contribution < 1.29 is 14.0 Å². The highest BCUT2D eigenvalue weighted by atomic mass is 19.1. The molecule has 0 bridgehead atoms. The Morgan fingerprint density at radius 2 is 1.76 bits per heavy atom. The first-order chi connectivity index (χ1) is 12.0. The number of halogens is 1. The lowest BCUT2D eigenvalue weighted by Crippen LogP contribution is -2.47. The van der Waals surface area contributed by atoms with Gasteiger partial charge in [-0.05, 0) is 50.7 Å². The second-order valence-corrected chi connectivity index (χ2v) is 6.90. The maximum absolute atomic E-state index is 13.0. The van der Waals surface area contributed by atoms with E-state index in [0.717, 1.165) is 31.5 Å². The summed E-state index contributed by atoms with van der Waals surface area (Å²) in [6, 6.07) is 6.21. The zero-order valence-electron chi connectivity index (χ0n) is 14.6. The molecule has 7 heteroatoms. The maximum atomic E-state index is 13.0. The van der Waals surface area contributed by atoms with Gasteiger partial charge >= 0.3 is 6.03 Å². The molecule has 0 aromatic heterocycles. The molecule has 2 saturated heterocycles. The highest BCUT2D eigenvalue weighted by Gasteiger charge is 2.30. The van der Waals surface area contributed by atoms with Crippen molar-refractivity contribution in [1.29, 1.82) is 0 Å². The fraction of sp³-hybridized carbons (Fsp3) is 0.556. The van der Waals surface area contributed by atoms with Crippen LogP contribution < -0.4 is 5.32 Å². The summed E-state index contributed by atoms with van der Waals surface area (Å²) in [4.78, 5) is 30.2. The molecular weight excluding hydrogens is 323 g/mol. The molecule has 0 atom stereocenters. The summed E-state index contributed by atoms with van der Waals surface area (Å²) in [6.45, 7) is 3.63. The second-order valence-electron chi connectivity index (χ2n) is 6.90. The van der Waals surface area contributed by atoms with Gasteiger partial charge in [0, 0.05) is 25.7 Å². The monoisotopic (exact) mass is 348 g/mol. The number of amides is 3. The van der Waals surface area contributed by atoms with Gasteiger partial charge in [0.05, 0.1) is 0 Å². The van der Waals surface area contributed by atoms with Crippen LogP contribution in [0.4, 0.5) is 9.18 Å². The number of nitrogens with one attached hydrogen (secondary N) is 1. The van der Waals surface area contributed by atoms with E-state index in [1.165, 1.54) is 12.1 Å². The Kier molecular flexibility index (Phi) is 5.53. The van der Waals surface area contributed by atoms with Gasteiger partial charge in [-0.1, -0.05) is 12.1 Å². The van der Waals surface area contributed by atoms with Crippen molar-refractivity contribution in [2.75, 3.05) is 39.8 Å². The average molecular weight is 348 g/mol. The van der Waals surface area contributed by atoms with Crippen LogP contribution in [0.2, 0.25) is 0 Å². The topological polar surface area (TPSA) is 55.9 Å². The van der Waals surface area contributed by atoms with E-state index in [4.69, 9.17) is 0 Å². The van der Waals surface area contributed by atoms with E-state index in [1.807, 2.05) is 0 Å². The molecule has 136 valence electrons. The number of urea groups is 1. The minimum atomic E-state index is -0.288. The molecule has 25 heavy (non-hydrogen) atoms. The highest BCUT2D eigenvalue weighted by molar-refractivity contribution is 5.85. The Balaban J connectivity index is 1.46. The van der Waals surface area contributed by atoms with Crippen molar-refractivity contribution in [3.63, 3.8) is 0 Å². The van der Waals surface area contributed by atoms with Crippen molar-refractivity contribution in [3.05, 3.63) is 35.6 Å². The van der Waals surface area contributed by atoms with E-state index < -0.39 is 0 Å². The molecule has 0 saturated carbocycles. The lowest BCUT2D eigenvalue weighted by Gasteiger charge is -2.30. The van der Waals surface area contributed by atoms with Crippen LogP contribution in [0, 0.1) is 5.82 Å². The summed E-state index contributed by atoms with van der Waals surface area (Å²) in [5, 5.41) is 3.04. The van der Waals surface area contributed by atoms with Gasteiger partial charge in [0.1, 0.15) is 12.4 Å². The number of rotatable bonds is 5. The number of carbonyl (C=O) groups excluding carboxylic acids is 2. The van der Waals surface area contributed by atoms with Crippen LogP contribution >= 0.6 is 0 Å². The maximum Gasteiger partial charge on any atom is 0.320 e. The van der Waals surface area contributed by atoms with Crippen molar-refractivity contribution in [2.24, 2.45) is 0 Å². The predicted molar refractivity (Wildman–Crippen MR) is 92.4 cm³/mol. The average Bonchev–Trinajstić information content (AvgIpc) is 2.92. The van der Waals surface area contributed by atoms with Gasteiger partial charge in [0.2, 0.25) is 5.91 Å². The lowest BCUT2D eigenvalue weighted by molar-refractivity contribution is -0.122. The summed E-state index contributed by atoms with van der Waals surface area (Å²) >= 11 is 0. The molecule has 2 aliphatic heterocycles. The Bertz CT molecular complexity index is 614. The van der Waals surface area contributed by atoms with Crippen molar-refractivity contribution in [3.8, 4) is 0 Å². The molecule has 0 aliphatic carbocycles. The normalized spacial score (nSPS) is 19.5. The van der Waals surface area contributed by atoms with Crippen LogP contribution in [0.5, 0.6) is 0 Å². The number of likely N-dealkylation sites (tertiary alicyclic amines) is 1. The van der Waals surface area contributed by atoms with Crippen LogP contribution in [-0.2, 0) is 11.3 Å². The standard InChI is InChI=1S/C18H25FN4O2/c1-21-8-6-16(7-9-21)20-17(24)13-23-11-10-22(18(23)25)12-14-2-4-15(19)5-3-14/h2-5,16H,6-13H2,1H3,(H,20,24). The number of hydrogen-bond donors (Lipinski definition) is 1. The molecule has 2 aliphatic rings. The molecule has 2 heterocycles. The molecule has 3 amide bonds. The molecule has 0 spiro atoms.